The van der Waals surface area contributed by atoms with Crippen LogP contribution in [-0.2, 0) is 0 Å². The molecule has 7 heteroatoms. The van der Waals surface area contributed by atoms with Gasteiger partial charge in [0.05, 0.1) is 12.1 Å². The zero-order valence-corrected chi connectivity index (χ0v) is 10.9. The molecule has 1 aromatic heterocycles. The number of anilines is 3. The van der Waals surface area contributed by atoms with Gasteiger partial charge < -0.3 is 16.0 Å². The molecule has 0 atom stereocenters. The first-order valence-electron chi connectivity index (χ1n) is 6.07. The Morgan fingerprint density at radius 2 is 2.00 bits per heavy atom. The number of nitrogens with zero attached hydrogens (tertiary/aromatic N) is 5. The lowest BCUT2D eigenvalue weighted by atomic mass is 10.3. The van der Waals surface area contributed by atoms with Crippen LogP contribution in [0.2, 0.25) is 0 Å². The van der Waals surface area contributed by atoms with Gasteiger partial charge in [0.1, 0.15) is 25.1 Å². The third-order valence-corrected chi connectivity index (χ3v) is 2.51. The Morgan fingerprint density at radius 1 is 1.32 bits per heavy atom. The SMILES string of the molecule is CCCCNc1ncnc(N(CC#N)CC#N)c1N. The van der Waals surface area contributed by atoms with Crippen molar-refractivity contribution in [1.82, 2.24) is 9.97 Å². The molecule has 100 valence electrons. The van der Waals surface area contributed by atoms with Crippen LogP contribution in [0.15, 0.2) is 6.33 Å². The largest absolute Gasteiger partial charge is 0.393 e. The van der Waals surface area contributed by atoms with E-state index in [0.717, 1.165) is 19.4 Å². The summed E-state index contributed by atoms with van der Waals surface area (Å²) < 4.78 is 0. The summed E-state index contributed by atoms with van der Waals surface area (Å²) in [5, 5.41) is 20.6. The van der Waals surface area contributed by atoms with Crippen LogP contribution in [0.25, 0.3) is 0 Å². The van der Waals surface area contributed by atoms with E-state index in [2.05, 4.69) is 22.2 Å². The molecular weight excluding hydrogens is 242 g/mol. The third kappa shape index (κ3) is 4.00. The number of nitriles is 2. The van der Waals surface area contributed by atoms with Gasteiger partial charge >= 0.3 is 0 Å². The van der Waals surface area contributed by atoms with Gasteiger partial charge in [0.15, 0.2) is 11.6 Å². The molecule has 0 aliphatic rings. The molecule has 0 spiro atoms. The Morgan fingerprint density at radius 3 is 2.58 bits per heavy atom. The van der Waals surface area contributed by atoms with Gasteiger partial charge in [-0.2, -0.15) is 10.5 Å². The van der Waals surface area contributed by atoms with Gasteiger partial charge in [0.25, 0.3) is 0 Å². The molecule has 0 aliphatic carbocycles. The normalized spacial score (nSPS) is 9.42. The van der Waals surface area contributed by atoms with Crippen LogP contribution in [-0.4, -0.2) is 29.6 Å². The van der Waals surface area contributed by atoms with Crippen LogP contribution in [0, 0.1) is 22.7 Å². The number of nitrogen functional groups attached to an aromatic ring is 1. The average molecular weight is 259 g/mol. The fourth-order valence-corrected chi connectivity index (χ4v) is 1.54. The van der Waals surface area contributed by atoms with Gasteiger partial charge in [-0.3, -0.25) is 0 Å². The molecule has 0 fully saturated rings. The predicted molar refractivity (Wildman–Crippen MR) is 73.3 cm³/mol. The highest BCUT2D eigenvalue weighted by Gasteiger charge is 2.14. The molecule has 1 rings (SSSR count). The van der Waals surface area contributed by atoms with Gasteiger partial charge in [0, 0.05) is 6.54 Å². The van der Waals surface area contributed by atoms with Crippen molar-refractivity contribution >= 4 is 17.3 Å². The zero-order chi connectivity index (χ0) is 14.1. The highest BCUT2D eigenvalue weighted by Crippen LogP contribution is 2.25. The number of rotatable bonds is 7. The summed E-state index contributed by atoms with van der Waals surface area (Å²) in [7, 11) is 0. The Labute approximate surface area is 112 Å². The summed E-state index contributed by atoms with van der Waals surface area (Å²) >= 11 is 0. The maximum absolute atomic E-state index is 8.76. The molecule has 0 aliphatic heterocycles. The highest BCUT2D eigenvalue weighted by atomic mass is 15.2. The quantitative estimate of drug-likeness (QED) is 0.557. The third-order valence-electron chi connectivity index (χ3n) is 2.51. The van der Waals surface area contributed by atoms with E-state index >= 15 is 0 Å². The van der Waals surface area contributed by atoms with Crippen LogP contribution in [0.1, 0.15) is 19.8 Å². The first kappa shape index (κ1) is 14.5. The second-order valence-corrected chi connectivity index (χ2v) is 3.91. The van der Waals surface area contributed by atoms with Crippen LogP contribution < -0.4 is 16.0 Å². The molecule has 0 bridgehead atoms. The summed E-state index contributed by atoms with van der Waals surface area (Å²) in [6, 6.07) is 3.98. The zero-order valence-electron chi connectivity index (χ0n) is 10.9. The Bertz CT molecular complexity index is 470. The van der Waals surface area contributed by atoms with Crippen molar-refractivity contribution < 1.29 is 0 Å². The Kier molecular flexibility index (Phi) is 5.90. The lowest BCUT2D eigenvalue weighted by Gasteiger charge is -2.19. The van der Waals surface area contributed by atoms with Gasteiger partial charge in [-0.05, 0) is 6.42 Å². The van der Waals surface area contributed by atoms with Crippen molar-refractivity contribution in [3.8, 4) is 12.1 Å². The molecule has 0 saturated carbocycles. The maximum atomic E-state index is 8.76. The topological polar surface area (TPSA) is 115 Å². The molecule has 7 nitrogen and oxygen atoms in total. The summed E-state index contributed by atoms with van der Waals surface area (Å²) in [6.07, 6.45) is 3.46. The minimum Gasteiger partial charge on any atom is -0.393 e. The van der Waals surface area contributed by atoms with Crippen molar-refractivity contribution in [2.75, 3.05) is 35.6 Å². The molecule has 0 aromatic carbocycles. The molecule has 0 saturated heterocycles. The number of hydrogen-bond donors (Lipinski definition) is 2. The molecule has 3 N–H and O–H groups in total. The number of unbranched alkanes of at least 4 members (excludes halogenated alkanes) is 1. The van der Waals surface area contributed by atoms with E-state index in [4.69, 9.17) is 16.3 Å². The molecule has 19 heavy (non-hydrogen) atoms. The molecule has 1 heterocycles. The van der Waals surface area contributed by atoms with Crippen molar-refractivity contribution in [1.29, 1.82) is 10.5 Å². The van der Waals surface area contributed by atoms with E-state index in [1.807, 2.05) is 12.1 Å². The Hall–Kier alpha value is -2.54. The van der Waals surface area contributed by atoms with Gasteiger partial charge in [0.2, 0.25) is 0 Å². The van der Waals surface area contributed by atoms with E-state index in [1.165, 1.54) is 11.2 Å². The number of aromatic nitrogens is 2. The predicted octanol–water partition coefficient (Wildman–Crippen LogP) is 1.12. The summed E-state index contributed by atoms with van der Waals surface area (Å²) in [5.74, 6) is 0.955. The minimum absolute atomic E-state index is 0.0587. The second-order valence-electron chi connectivity index (χ2n) is 3.91. The van der Waals surface area contributed by atoms with Crippen molar-refractivity contribution in [3.63, 3.8) is 0 Å². The molecule has 0 amide bonds. The average Bonchev–Trinajstić information content (AvgIpc) is 2.41. The van der Waals surface area contributed by atoms with Crippen molar-refractivity contribution in [2.45, 2.75) is 19.8 Å². The highest BCUT2D eigenvalue weighted by molar-refractivity contribution is 5.75. The monoisotopic (exact) mass is 259 g/mol. The minimum atomic E-state index is 0.0587. The van der Waals surface area contributed by atoms with Crippen molar-refractivity contribution in [3.05, 3.63) is 6.33 Å². The molecule has 1 aromatic rings. The summed E-state index contributed by atoms with van der Waals surface area (Å²) in [5.41, 5.74) is 6.34. The van der Waals surface area contributed by atoms with Gasteiger partial charge in [-0.1, -0.05) is 13.3 Å². The summed E-state index contributed by atoms with van der Waals surface area (Å²) in [6.45, 7) is 2.98. The first-order valence-corrected chi connectivity index (χ1v) is 6.07. The number of hydrogen-bond acceptors (Lipinski definition) is 7. The smallest absolute Gasteiger partial charge is 0.159 e. The molecule has 0 unspecified atom stereocenters. The second kappa shape index (κ2) is 7.72. The van der Waals surface area contributed by atoms with Crippen LogP contribution in [0.4, 0.5) is 17.3 Å². The standard InChI is InChI=1S/C12H17N7/c1-2-3-6-16-11-10(15)12(18-9-17-11)19(7-4-13)8-5-14/h9H,2-3,6-8,15H2,1H3,(H,16,17,18). The van der Waals surface area contributed by atoms with E-state index < -0.39 is 0 Å². The lowest BCUT2D eigenvalue weighted by molar-refractivity contribution is 0.830. The van der Waals surface area contributed by atoms with Crippen LogP contribution in [0.3, 0.4) is 0 Å². The number of nitrogens with two attached hydrogens (primary N) is 1. The first-order chi connectivity index (χ1) is 9.24. The molecular formula is C12H17N7. The van der Waals surface area contributed by atoms with E-state index in [-0.39, 0.29) is 13.1 Å². The van der Waals surface area contributed by atoms with Crippen LogP contribution >= 0.6 is 0 Å². The fourth-order valence-electron chi connectivity index (χ4n) is 1.54. The van der Waals surface area contributed by atoms with Gasteiger partial charge in [-0.15, -0.1) is 0 Å². The number of nitrogens with one attached hydrogen (secondary N) is 1. The van der Waals surface area contributed by atoms with Crippen LogP contribution in [0.5, 0.6) is 0 Å². The van der Waals surface area contributed by atoms with E-state index in [0.29, 0.717) is 17.3 Å². The van der Waals surface area contributed by atoms with E-state index in [1.54, 1.807) is 0 Å². The van der Waals surface area contributed by atoms with E-state index in [9.17, 15) is 0 Å². The van der Waals surface area contributed by atoms with Crippen molar-refractivity contribution in [2.24, 2.45) is 0 Å². The maximum Gasteiger partial charge on any atom is 0.159 e. The Balaban J connectivity index is 2.92. The fraction of sp³-hybridized carbons (Fsp3) is 0.500. The van der Waals surface area contributed by atoms with Gasteiger partial charge in [-0.25, -0.2) is 9.97 Å². The molecule has 0 radical (unpaired) electrons. The summed E-state index contributed by atoms with van der Waals surface area (Å²) in [4.78, 5) is 9.64. The lowest BCUT2D eigenvalue weighted by Crippen LogP contribution is -2.26.